The highest BCUT2D eigenvalue weighted by molar-refractivity contribution is 5.41. The third kappa shape index (κ3) is 1.96. The molecule has 0 aliphatic carbocycles. The second kappa shape index (κ2) is 3.84. The van der Waals surface area contributed by atoms with Crippen molar-refractivity contribution in [1.29, 1.82) is 5.26 Å². The molecule has 0 radical (unpaired) electrons. The zero-order valence-electron chi connectivity index (χ0n) is 8.10. The van der Waals surface area contributed by atoms with Crippen molar-refractivity contribution in [3.63, 3.8) is 0 Å². The number of aryl methyl sites for hydroxylation is 1. The van der Waals surface area contributed by atoms with Gasteiger partial charge < -0.3 is 0 Å². The summed E-state index contributed by atoms with van der Waals surface area (Å²) in [5, 5.41) is 15.0. The minimum Gasteiger partial charge on any atom is -0.262 e. The predicted molar refractivity (Wildman–Crippen MR) is 51.5 cm³/mol. The van der Waals surface area contributed by atoms with Gasteiger partial charge in [0.1, 0.15) is 5.82 Å². The Labute approximate surface area is 86.0 Å². The number of nitrogens with zero attached hydrogens (tertiary/aromatic N) is 5. The van der Waals surface area contributed by atoms with Gasteiger partial charge in [0, 0.05) is 12.4 Å². The molecule has 0 aliphatic heterocycles. The molecule has 15 heavy (non-hydrogen) atoms. The van der Waals surface area contributed by atoms with E-state index in [4.69, 9.17) is 5.26 Å². The Balaban J connectivity index is 2.30. The summed E-state index contributed by atoms with van der Waals surface area (Å²) < 4.78 is 0. The first-order valence-corrected chi connectivity index (χ1v) is 4.37. The lowest BCUT2D eigenvalue weighted by Crippen LogP contribution is -1.91. The van der Waals surface area contributed by atoms with E-state index in [0.29, 0.717) is 17.5 Å². The normalized spacial score (nSPS) is 9.87. The van der Waals surface area contributed by atoms with E-state index >= 15 is 0 Å². The van der Waals surface area contributed by atoms with Crippen LogP contribution in [0.15, 0.2) is 12.4 Å². The van der Waals surface area contributed by atoms with Crippen molar-refractivity contribution < 1.29 is 0 Å². The van der Waals surface area contributed by atoms with E-state index in [0.717, 1.165) is 5.56 Å². The molecule has 2 aromatic heterocycles. The first-order valence-electron chi connectivity index (χ1n) is 4.37. The highest BCUT2D eigenvalue weighted by Crippen LogP contribution is 2.07. The van der Waals surface area contributed by atoms with Crippen LogP contribution >= 0.6 is 0 Å². The number of nitrogens with one attached hydrogen (secondary N) is 1. The van der Waals surface area contributed by atoms with Gasteiger partial charge in [-0.2, -0.15) is 5.26 Å². The Morgan fingerprint density at radius 3 is 2.73 bits per heavy atom. The summed E-state index contributed by atoms with van der Waals surface area (Å²) in [5.74, 6) is 1.40. The first kappa shape index (κ1) is 9.27. The molecule has 0 spiro atoms. The molecule has 0 aromatic carbocycles. The number of rotatable bonds is 2. The second-order valence-electron chi connectivity index (χ2n) is 3.02. The van der Waals surface area contributed by atoms with Gasteiger partial charge in [-0.3, -0.25) is 5.10 Å². The number of nitriles is 1. The molecule has 74 valence electrons. The molecule has 0 amide bonds. The first-order chi connectivity index (χ1) is 7.29. The van der Waals surface area contributed by atoms with Crippen LogP contribution in [-0.4, -0.2) is 25.1 Å². The molecule has 0 aliphatic rings. The third-order valence-corrected chi connectivity index (χ3v) is 1.76. The minimum absolute atomic E-state index is 0.207. The van der Waals surface area contributed by atoms with Crippen molar-refractivity contribution in [2.75, 3.05) is 0 Å². The maximum Gasteiger partial charge on any atom is 0.219 e. The van der Waals surface area contributed by atoms with Crippen molar-refractivity contribution in [2.24, 2.45) is 0 Å². The van der Waals surface area contributed by atoms with Crippen molar-refractivity contribution in [1.82, 2.24) is 25.1 Å². The molecule has 1 N–H and O–H groups in total. The van der Waals surface area contributed by atoms with Crippen molar-refractivity contribution >= 4 is 0 Å². The number of H-pyrrole nitrogens is 1. The van der Waals surface area contributed by atoms with Gasteiger partial charge in [0.25, 0.3) is 0 Å². The van der Waals surface area contributed by atoms with Crippen LogP contribution < -0.4 is 0 Å². The van der Waals surface area contributed by atoms with E-state index in [1.807, 2.05) is 13.0 Å². The van der Waals surface area contributed by atoms with Crippen LogP contribution in [0.1, 0.15) is 11.4 Å². The summed E-state index contributed by atoms with van der Waals surface area (Å²) >= 11 is 0. The van der Waals surface area contributed by atoms with Crippen molar-refractivity contribution in [3.8, 4) is 17.7 Å². The maximum atomic E-state index is 8.47. The van der Waals surface area contributed by atoms with Gasteiger partial charge in [-0.25, -0.2) is 15.0 Å². The summed E-state index contributed by atoms with van der Waals surface area (Å²) in [5.41, 5.74) is 0.978. The lowest BCUT2D eigenvalue weighted by Gasteiger charge is -1.92. The topological polar surface area (TPSA) is 91.1 Å². The van der Waals surface area contributed by atoms with Crippen molar-refractivity contribution in [2.45, 2.75) is 13.3 Å². The fourth-order valence-corrected chi connectivity index (χ4v) is 1.06. The molecule has 0 saturated carbocycles. The maximum absolute atomic E-state index is 8.47. The van der Waals surface area contributed by atoms with Gasteiger partial charge in [-0.15, -0.1) is 5.10 Å². The van der Waals surface area contributed by atoms with Gasteiger partial charge in [-0.05, 0) is 12.5 Å². The molecule has 2 rings (SSSR count). The van der Waals surface area contributed by atoms with E-state index in [-0.39, 0.29) is 6.42 Å². The Hall–Kier alpha value is -2.29. The molecular weight excluding hydrogens is 192 g/mol. The predicted octanol–water partition coefficient (Wildman–Crippen LogP) is 0.636. The third-order valence-electron chi connectivity index (χ3n) is 1.76. The van der Waals surface area contributed by atoms with Crippen molar-refractivity contribution in [3.05, 3.63) is 23.8 Å². The SMILES string of the molecule is Cc1cnc(-c2n[nH]c(CC#N)n2)nc1. The smallest absolute Gasteiger partial charge is 0.219 e. The Bertz CT molecular complexity index is 492. The van der Waals surface area contributed by atoms with E-state index in [1.165, 1.54) is 0 Å². The average molecular weight is 200 g/mol. The van der Waals surface area contributed by atoms with Crippen LogP contribution in [0.3, 0.4) is 0 Å². The molecule has 0 unspecified atom stereocenters. The quantitative estimate of drug-likeness (QED) is 0.767. The lowest BCUT2D eigenvalue weighted by atomic mass is 10.4. The molecule has 2 aromatic rings. The average Bonchev–Trinajstić information content (AvgIpc) is 2.68. The number of hydrogen-bond acceptors (Lipinski definition) is 5. The zero-order valence-corrected chi connectivity index (χ0v) is 8.10. The van der Waals surface area contributed by atoms with Gasteiger partial charge in [0.2, 0.25) is 5.82 Å². The molecule has 0 bridgehead atoms. The number of aromatic nitrogens is 5. The van der Waals surface area contributed by atoms with Crippen LogP contribution in [0.5, 0.6) is 0 Å². The van der Waals surface area contributed by atoms with E-state index in [2.05, 4.69) is 25.1 Å². The van der Waals surface area contributed by atoms with E-state index in [9.17, 15) is 0 Å². The van der Waals surface area contributed by atoms with E-state index < -0.39 is 0 Å². The molecule has 6 nitrogen and oxygen atoms in total. The second-order valence-corrected chi connectivity index (χ2v) is 3.02. The van der Waals surface area contributed by atoms with Crippen LogP contribution in [0.4, 0.5) is 0 Å². The fraction of sp³-hybridized carbons (Fsp3) is 0.222. The van der Waals surface area contributed by atoms with Gasteiger partial charge in [0.15, 0.2) is 5.82 Å². The molecule has 2 heterocycles. The number of aromatic amines is 1. The van der Waals surface area contributed by atoms with Crippen LogP contribution in [0, 0.1) is 18.3 Å². The summed E-state index contributed by atoms with van der Waals surface area (Å²) in [6.45, 7) is 1.91. The Kier molecular flexibility index (Phi) is 2.37. The summed E-state index contributed by atoms with van der Waals surface area (Å²) in [6, 6.07) is 1.98. The van der Waals surface area contributed by atoms with Gasteiger partial charge in [0.05, 0.1) is 12.5 Å². The fourth-order valence-electron chi connectivity index (χ4n) is 1.06. The summed E-state index contributed by atoms with van der Waals surface area (Å²) in [6.07, 6.45) is 3.60. The van der Waals surface area contributed by atoms with E-state index in [1.54, 1.807) is 12.4 Å². The lowest BCUT2D eigenvalue weighted by molar-refractivity contribution is 0.993. The zero-order chi connectivity index (χ0) is 10.7. The van der Waals surface area contributed by atoms with Crippen LogP contribution in [0.2, 0.25) is 0 Å². The molecule has 0 fully saturated rings. The Morgan fingerprint density at radius 2 is 2.07 bits per heavy atom. The highest BCUT2D eigenvalue weighted by atomic mass is 15.2. The van der Waals surface area contributed by atoms with Gasteiger partial charge in [-0.1, -0.05) is 0 Å². The monoisotopic (exact) mass is 200 g/mol. The molecule has 0 atom stereocenters. The van der Waals surface area contributed by atoms with Gasteiger partial charge >= 0.3 is 0 Å². The number of hydrogen-bond donors (Lipinski definition) is 1. The summed E-state index contributed by atoms with van der Waals surface area (Å²) in [7, 11) is 0. The standard InChI is InChI=1S/C9H8N6/c1-6-4-11-8(12-5-6)9-13-7(2-3-10)14-15-9/h4-5H,2H2,1H3,(H,13,14,15). The van der Waals surface area contributed by atoms with Crippen LogP contribution in [0.25, 0.3) is 11.6 Å². The minimum atomic E-state index is 0.207. The highest BCUT2D eigenvalue weighted by Gasteiger charge is 2.07. The summed E-state index contributed by atoms with van der Waals surface area (Å²) in [4.78, 5) is 12.3. The molecule has 0 saturated heterocycles. The Morgan fingerprint density at radius 1 is 1.33 bits per heavy atom. The largest absolute Gasteiger partial charge is 0.262 e. The molecule has 6 heteroatoms. The molecular formula is C9H8N6. The van der Waals surface area contributed by atoms with Crippen LogP contribution in [-0.2, 0) is 6.42 Å².